The summed E-state index contributed by atoms with van der Waals surface area (Å²) in [5.74, 6) is 2.02. The van der Waals surface area contributed by atoms with Gasteiger partial charge in [0.1, 0.15) is 0 Å². The van der Waals surface area contributed by atoms with Crippen LogP contribution < -0.4 is 0 Å². The van der Waals surface area contributed by atoms with Crippen molar-refractivity contribution in [1.29, 1.82) is 0 Å². The average molecular weight is 200 g/mol. The van der Waals surface area contributed by atoms with E-state index in [9.17, 15) is 0 Å². The molecule has 0 aromatic rings. The van der Waals surface area contributed by atoms with Crippen LogP contribution in [-0.2, 0) is 0 Å². The Kier molecular flexibility index (Phi) is 8.67. The van der Waals surface area contributed by atoms with Crippen molar-refractivity contribution in [1.82, 2.24) is 0 Å². The summed E-state index contributed by atoms with van der Waals surface area (Å²) in [6.45, 7) is 0. The van der Waals surface area contributed by atoms with Gasteiger partial charge in [0, 0.05) is 16.1 Å². The van der Waals surface area contributed by atoms with Gasteiger partial charge in [-0.05, 0) is 12.2 Å². The van der Waals surface area contributed by atoms with Gasteiger partial charge in [-0.3, -0.25) is 0 Å². The smallest absolute Gasteiger partial charge is 0.0362 e. The van der Waals surface area contributed by atoms with Crippen LogP contribution in [0.25, 0.3) is 0 Å². The van der Waals surface area contributed by atoms with E-state index >= 15 is 0 Å². The molecule has 4 heteroatoms. The highest BCUT2D eigenvalue weighted by Crippen LogP contribution is 2.11. The number of rotatable bonds is 5. The maximum Gasteiger partial charge on any atom is 0.0362 e. The molecule has 0 radical (unpaired) electrons. The first-order chi connectivity index (χ1) is 4.31. The molecule has 0 aromatic heterocycles. The summed E-state index contributed by atoms with van der Waals surface area (Å²) in [5, 5.41) is 1.39. The number of hydrogen-bond donors (Lipinski definition) is 3. The van der Waals surface area contributed by atoms with Gasteiger partial charge in [0.25, 0.3) is 0 Å². The van der Waals surface area contributed by atoms with Crippen LogP contribution in [0.1, 0.15) is 6.42 Å². The van der Waals surface area contributed by atoms with Gasteiger partial charge in [-0.1, -0.05) is 0 Å². The molecule has 0 heterocycles. The molecular formula is C5H12S4. The molecule has 1 atom stereocenters. The normalized spacial score (nSPS) is 13.7. The molecule has 0 saturated heterocycles. The molecule has 0 saturated carbocycles. The van der Waals surface area contributed by atoms with Crippen LogP contribution in [-0.4, -0.2) is 21.8 Å². The summed E-state index contributed by atoms with van der Waals surface area (Å²) in [5.41, 5.74) is 0. The number of hydrogen-bond acceptors (Lipinski definition) is 4. The SMILES string of the molecule is SCCC(S)CSCS. The molecule has 0 fully saturated rings. The second-order valence-electron chi connectivity index (χ2n) is 1.67. The van der Waals surface area contributed by atoms with Gasteiger partial charge in [-0.2, -0.15) is 49.6 Å². The van der Waals surface area contributed by atoms with Crippen LogP contribution in [0.4, 0.5) is 0 Å². The Hall–Kier alpha value is 1.40. The lowest BCUT2D eigenvalue weighted by Crippen LogP contribution is -2.02. The molecule has 0 spiro atoms. The molecule has 9 heavy (non-hydrogen) atoms. The van der Waals surface area contributed by atoms with Crippen LogP contribution in [0.2, 0.25) is 0 Å². The zero-order valence-electron chi connectivity index (χ0n) is 5.16. The summed E-state index contributed by atoms with van der Waals surface area (Å²) >= 11 is 14.3. The zero-order valence-corrected chi connectivity index (χ0v) is 8.66. The van der Waals surface area contributed by atoms with Crippen LogP contribution in [0.5, 0.6) is 0 Å². The van der Waals surface area contributed by atoms with E-state index in [0.717, 1.165) is 23.0 Å². The Balaban J connectivity index is 2.95. The first-order valence-electron chi connectivity index (χ1n) is 2.78. The largest absolute Gasteiger partial charge is 0.179 e. The molecule has 0 N–H and O–H groups in total. The Bertz CT molecular complexity index is 56.9. The monoisotopic (exact) mass is 200 g/mol. The molecule has 0 amide bonds. The van der Waals surface area contributed by atoms with Gasteiger partial charge in [-0.25, -0.2) is 0 Å². The van der Waals surface area contributed by atoms with Gasteiger partial charge in [0.2, 0.25) is 0 Å². The summed E-state index contributed by atoms with van der Waals surface area (Å²) < 4.78 is 0. The number of thioether (sulfide) groups is 1. The van der Waals surface area contributed by atoms with Crippen LogP contribution in [0.3, 0.4) is 0 Å². The molecule has 0 aliphatic heterocycles. The summed E-state index contributed by atoms with van der Waals surface area (Å²) in [6.07, 6.45) is 1.09. The van der Waals surface area contributed by atoms with E-state index in [1.54, 1.807) is 0 Å². The quantitative estimate of drug-likeness (QED) is 0.452. The first kappa shape index (κ1) is 10.4. The van der Waals surface area contributed by atoms with E-state index < -0.39 is 0 Å². The molecule has 0 rings (SSSR count). The highest BCUT2D eigenvalue weighted by atomic mass is 32.2. The first-order valence-corrected chi connectivity index (χ1v) is 5.72. The van der Waals surface area contributed by atoms with Gasteiger partial charge in [-0.15, -0.1) is 0 Å². The van der Waals surface area contributed by atoms with Crippen molar-refractivity contribution >= 4 is 49.6 Å². The molecule has 56 valence electrons. The third-order valence-corrected chi connectivity index (χ3v) is 3.18. The maximum atomic E-state index is 4.34. The fourth-order valence-corrected chi connectivity index (χ4v) is 2.24. The highest BCUT2D eigenvalue weighted by molar-refractivity contribution is 8.09. The molecule has 0 aliphatic carbocycles. The Labute approximate surface area is 77.8 Å². The van der Waals surface area contributed by atoms with Crippen molar-refractivity contribution in [2.24, 2.45) is 0 Å². The predicted octanol–water partition coefficient (Wildman–Crippen LogP) is 2.23. The standard InChI is InChI=1S/C5H12S4/c6-2-1-5(8)3-9-4-7/h5-8H,1-4H2. The van der Waals surface area contributed by atoms with Gasteiger partial charge >= 0.3 is 0 Å². The lowest BCUT2D eigenvalue weighted by atomic mass is 10.4. The Morgan fingerprint density at radius 2 is 2.00 bits per heavy atom. The lowest BCUT2D eigenvalue weighted by molar-refractivity contribution is 0.939. The van der Waals surface area contributed by atoms with Gasteiger partial charge in [0.15, 0.2) is 0 Å². The minimum atomic E-state index is 0.500. The molecule has 0 aromatic carbocycles. The minimum Gasteiger partial charge on any atom is -0.179 e. The van der Waals surface area contributed by atoms with Gasteiger partial charge in [0.05, 0.1) is 0 Å². The Morgan fingerprint density at radius 1 is 1.33 bits per heavy atom. The summed E-state index contributed by atoms with van der Waals surface area (Å²) in [6, 6.07) is 0. The predicted molar refractivity (Wildman–Crippen MR) is 57.6 cm³/mol. The van der Waals surface area contributed by atoms with Gasteiger partial charge < -0.3 is 0 Å². The Morgan fingerprint density at radius 3 is 2.44 bits per heavy atom. The van der Waals surface area contributed by atoms with Crippen LogP contribution >= 0.6 is 49.6 Å². The van der Waals surface area contributed by atoms with Crippen molar-refractivity contribution in [3.8, 4) is 0 Å². The third kappa shape index (κ3) is 7.30. The van der Waals surface area contributed by atoms with E-state index in [2.05, 4.69) is 37.9 Å². The fraction of sp³-hybridized carbons (Fsp3) is 1.00. The zero-order chi connectivity index (χ0) is 7.11. The minimum absolute atomic E-state index is 0.500. The van der Waals surface area contributed by atoms with E-state index in [1.807, 2.05) is 11.8 Å². The lowest BCUT2D eigenvalue weighted by Gasteiger charge is -2.05. The second-order valence-corrected chi connectivity index (χ2v) is 4.62. The maximum absolute atomic E-state index is 4.34. The molecule has 0 nitrogen and oxygen atoms in total. The van der Waals surface area contributed by atoms with Crippen molar-refractivity contribution in [2.75, 3.05) is 16.6 Å². The van der Waals surface area contributed by atoms with Crippen molar-refractivity contribution in [3.05, 3.63) is 0 Å². The molecule has 1 unspecified atom stereocenters. The van der Waals surface area contributed by atoms with Crippen molar-refractivity contribution in [2.45, 2.75) is 11.7 Å². The average Bonchev–Trinajstić information content (AvgIpc) is 1.85. The second kappa shape index (κ2) is 7.51. The van der Waals surface area contributed by atoms with E-state index in [1.165, 1.54) is 0 Å². The van der Waals surface area contributed by atoms with E-state index in [-0.39, 0.29) is 0 Å². The van der Waals surface area contributed by atoms with Crippen LogP contribution in [0.15, 0.2) is 0 Å². The van der Waals surface area contributed by atoms with E-state index in [4.69, 9.17) is 0 Å². The molecule has 0 bridgehead atoms. The highest BCUT2D eigenvalue weighted by Gasteiger charge is 1.99. The summed E-state index contributed by atoms with van der Waals surface area (Å²) in [7, 11) is 0. The fourth-order valence-electron chi connectivity index (χ4n) is 0.421. The summed E-state index contributed by atoms with van der Waals surface area (Å²) in [4.78, 5) is 0. The number of thiol groups is 3. The molecule has 0 aliphatic rings. The van der Waals surface area contributed by atoms with E-state index in [0.29, 0.717) is 5.25 Å². The van der Waals surface area contributed by atoms with Crippen LogP contribution in [0, 0.1) is 0 Å². The third-order valence-electron chi connectivity index (χ3n) is 0.864. The molecular weight excluding hydrogens is 188 g/mol. The van der Waals surface area contributed by atoms with Crippen molar-refractivity contribution < 1.29 is 0 Å². The van der Waals surface area contributed by atoms with Crippen molar-refractivity contribution in [3.63, 3.8) is 0 Å². The topological polar surface area (TPSA) is 0 Å².